The molecule has 0 bridgehead atoms. The second kappa shape index (κ2) is 7.39. The number of benzene rings is 2. The lowest BCUT2D eigenvalue weighted by molar-refractivity contribution is 0.0365. The highest BCUT2D eigenvalue weighted by Gasteiger charge is 2.21. The Kier molecular flexibility index (Phi) is 4.54. The third-order valence-electron chi connectivity index (χ3n) is 5.11. The van der Waals surface area contributed by atoms with Gasteiger partial charge in [0.2, 0.25) is 0 Å². The zero-order valence-corrected chi connectivity index (χ0v) is 17.1. The summed E-state index contributed by atoms with van der Waals surface area (Å²) < 4.78 is 24.4. The van der Waals surface area contributed by atoms with Crippen LogP contribution in [0.1, 0.15) is 24.3 Å². The number of hydrogen-bond acceptors (Lipinski definition) is 4. The first kappa shape index (κ1) is 19.0. The lowest BCUT2D eigenvalue weighted by Gasteiger charge is -2.12. The molecule has 0 spiro atoms. The predicted octanol–water partition coefficient (Wildman–Crippen LogP) is 4.39. The number of para-hydroxylation sites is 1. The number of halogens is 1. The van der Waals surface area contributed by atoms with Gasteiger partial charge in [0, 0.05) is 11.9 Å². The smallest absolute Gasteiger partial charge is 0.355 e. The van der Waals surface area contributed by atoms with E-state index < -0.39 is 5.97 Å². The van der Waals surface area contributed by atoms with Crippen LogP contribution in [-0.2, 0) is 11.4 Å². The third-order valence-corrected chi connectivity index (χ3v) is 5.11. The Morgan fingerprint density at radius 3 is 2.58 bits per heavy atom. The summed E-state index contributed by atoms with van der Waals surface area (Å²) in [6.07, 6.45) is 1.65. The number of rotatable bonds is 5. The Morgan fingerprint density at radius 2 is 1.81 bits per heavy atom. The zero-order chi connectivity index (χ0) is 21.5. The van der Waals surface area contributed by atoms with E-state index in [-0.39, 0.29) is 11.9 Å². The molecule has 31 heavy (non-hydrogen) atoms. The number of nitrogens with zero attached hydrogens (tertiary/aromatic N) is 5. The standard InChI is InChI=1S/C23H20FN5O2/c1-15(2)31-23(30)22-13-21-20(11-12-27(21)17-9-7-16(24)8-10-17)28(22)14-29-19-6-4-3-5-18(19)25-26-29/h3-13,15H,14H2,1-2H3. The van der Waals surface area contributed by atoms with Crippen molar-refractivity contribution in [3.8, 4) is 5.69 Å². The van der Waals surface area contributed by atoms with E-state index in [1.807, 2.05) is 59.5 Å². The van der Waals surface area contributed by atoms with Crippen molar-refractivity contribution < 1.29 is 13.9 Å². The summed E-state index contributed by atoms with van der Waals surface area (Å²) in [5.41, 5.74) is 4.50. The summed E-state index contributed by atoms with van der Waals surface area (Å²) in [4.78, 5) is 12.9. The summed E-state index contributed by atoms with van der Waals surface area (Å²) in [5.74, 6) is -0.717. The molecule has 5 rings (SSSR count). The first-order valence-electron chi connectivity index (χ1n) is 9.97. The minimum atomic E-state index is -0.415. The SMILES string of the molecule is CC(C)OC(=O)c1cc2c(ccn2-c2ccc(F)cc2)n1Cn1nnc2ccccc21. The molecule has 0 unspecified atom stereocenters. The third kappa shape index (κ3) is 3.35. The van der Waals surface area contributed by atoms with Gasteiger partial charge in [-0.2, -0.15) is 0 Å². The second-order valence-corrected chi connectivity index (χ2v) is 7.56. The molecule has 156 valence electrons. The van der Waals surface area contributed by atoms with Crippen LogP contribution in [-0.4, -0.2) is 36.2 Å². The molecule has 0 saturated heterocycles. The Hall–Kier alpha value is -3.94. The molecule has 3 heterocycles. The van der Waals surface area contributed by atoms with Crippen molar-refractivity contribution in [3.63, 3.8) is 0 Å². The fourth-order valence-corrected chi connectivity index (χ4v) is 3.72. The largest absolute Gasteiger partial charge is 0.458 e. The predicted molar refractivity (Wildman–Crippen MR) is 115 cm³/mol. The lowest BCUT2D eigenvalue weighted by atomic mass is 10.3. The molecular weight excluding hydrogens is 397 g/mol. The molecule has 0 saturated carbocycles. The minimum absolute atomic E-state index is 0.248. The van der Waals surface area contributed by atoms with Gasteiger partial charge >= 0.3 is 5.97 Å². The van der Waals surface area contributed by atoms with Crippen LogP contribution >= 0.6 is 0 Å². The summed E-state index contributed by atoms with van der Waals surface area (Å²) in [6.45, 7) is 3.92. The van der Waals surface area contributed by atoms with Gasteiger partial charge in [0.15, 0.2) is 0 Å². The molecule has 0 amide bonds. The molecule has 7 nitrogen and oxygen atoms in total. The van der Waals surface area contributed by atoms with Crippen LogP contribution in [0, 0.1) is 5.82 Å². The van der Waals surface area contributed by atoms with Crippen molar-refractivity contribution in [2.24, 2.45) is 0 Å². The minimum Gasteiger partial charge on any atom is -0.458 e. The molecule has 8 heteroatoms. The van der Waals surface area contributed by atoms with Gasteiger partial charge in [0.1, 0.15) is 23.7 Å². The van der Waals surface area contributed by atoms with Crippen LogP contribution in [0.3, 0.4) is 0 Å². The number of hydrogen-bond donors (Lipinski definition) is 0. The molecule has 0 aliphatic heterocycles. The fourth-order valence-electron chi connectivity index (χ4n) is 3.72. The average molecular weight is 417 g/mol. The van der Waals surface area contributed by atoms with E-state index in [1.165, 1.54) is 12.1 Å². The Morgan fingerprint density at radius 1 is 1.03 bits per heavy atom. The molecule has 5 aromatic rings. The van der Waals surface area contributed by atoms with Gasteiger partial charge < -0.3 is 13.9 Å². The zero-order valence-electron chi connectivity index (χ0n) is 17.1. The molecule has 0 radical (unpaired) electrons. The van der Waals surface area contributed by atoms with Crippen LogP contribution in [0.2, 0.25) is 0 Å². The van der Waals surface area contributed by atoms with Crippen LogP contribution in [0.25, 0.3) is 27.8 Å². The number of esters is 1. The van der Waals surface area contributed by atoms with E-state index in [1.54, 1.807) is 22.9 Å². The number of carbonyl (C=O) groups is 1. The van der Waals surface area contributed by atoms with E-state index in [9.17, 15) is 9.18 Å². The van der Waals surface area contributed by atoms with Crippen molar-refractivity contribution in [2.75, 3.05) is 0 Å². The van der Waals surface area contributed by atoms with Gasteiger partial charge in [-0.25, -0.2) is 13.9 Å². The highest BCUT2D eigenvalue weighted by Crippen LogP contribution is 2.26. The molecular formula is C23H20FN5O2. The van der Waals surface area contributed by atoms with Crippen LogP contribution in [0.15, 0.2) is 66.9 Å². The summed E-state index contributed by atoms with van der Waals surface area (Å²) in [6, 6.07) is 17.6. The summed E-state index contributed by atoms with van der Waals surface area (Å²) >= 11 is 0. The highest BCUT2D eigenvalue weighted by atomic mass is 19.1. The van der Waals surface area contributed by atoms with Crippen molar-refractivity contribution >= 4 is 28.0 Å². The summed E-state index contributed by atoms with van der Waals surface area (Å²) in [5, 5.41) is 8.46. The quantitative estimate of drug-likeness (QED) is 0.398. The number of fused-ring (bicyclic) bond motifs is 2. The summed E-state index contributed by atoms with van der Waals surface area (Å²) in [7, 11) is 0. The van der Waals surface area contributed by atoms with Gasteiger partial charge in [-0.3, -0.25) is 0 Å². The maximum atomic E-state index is 13.4. The van der Waals surface area contributed by atoms with Gasteiger partial charge in [0.05, 0.1) is 22.7 Å². The van der Waals surface area contributed by atoms with Crippen molar-refractivity contribution in [2.45, 2.75) is 26.6 Å². The maximum Gasteiger partial charge on any atom is 0.355 e. The number of aromatic nitrogens is 5. The monoisotopic (exact) mass is 417 g/mol. The van der Waals surface area contributed by atoms with Gasteiger partial charge in [-0.1, -0.05) is 17.3 Å². The Bertz CT molecular complexity index is 1390. The molecule has 3 aromatic heterocycles. The average Bonchev–Trinajstić information content (AvgIpc) is 3.43. The van der Waals surface area contributed by atoms with E-state index in [2.05, 4.69) is 10.3 Å². The normalized spacial score (nSPS) is 11.6. The topological polar surface area (TPSA) is 66.9 Å². The first-order valence-corrected chi connectivity index (χ1v) is 9.97. The van der Waals surface area contributed by atoms with Crippen LogP contribution in [0.4, 0.5) is 4.39 Å². The molecule has 0 aliphatic carbocycles. The number of ether oxygens (including phenoxy) is 1. The van der Waals surface area contributed by atoms with E-state index >= 15 is 0 Å². The lowest BCUT2D eigenvalue weighted by Crippen LogP contribution is -2.19. The van der Waals surface area contributed by atoms with E-state index in [0.717, 1.165) is 27.8 Å². The molecule has 0 atom stereocenters. The van der Waals surface area contributed by atoms with Crippen molar-refractivity contribution in [1.82, 2.24) is 24.1 Å². The molecule has 0 N–H and O–H groups in total. The molecule has 2 aromatic carbocycles. The highest BCUT2D eigenvalue weighted by molar-refractivity contribution is 5.95. The Balaban J connectivity index is 1.65. The van der Waals surface area contributed by atoms with Crippen LogP contribution in [0.5, 0.6) is 0 Å². The molecule has 0 fully saturated rings. The van der Waals surface area contributed by atoms with Crippen molar-refractivity contribution in [3.05, 3.63) is 78.4 Å². The van der Waals surface area contributed by atoms with Gasteiger partial charge in [-0.15, -0.1) is 5.10 Å². The molecule has 0 aliphatic rings. The Labute approximate surface area is 177 Å². The van der Waals surface area contributed by atoms with E-state index in [4.69, 9.17) is 4.74 Å². The van der Waals surface area contributed by atoms with Gasteiger partial charge in [-0.05, 0) is 62.4 Å². The number of carbonyl (C=O) groups excluding carboxylic acids is 1. The maximum absolute atomic E-state index is 13.4. The van der Waals surface area contributed by atoms with E-state index in [0.29, 0.717) is 12.4 Å². The van der Waals surface area contributed by atoms with Crippen LogP contribution < -0.4 is 0 Å². The van der Waals surface area contributed by atoms with Crippen molar-refractivity contribution in [1.29, 1.82) is 0 Å². The second-order valence-electron chi connectivity index (χ2n) is 7.56. The fraction of sp³-hybridized carbons (Fsp3) is 0.174. The first-order chi connectivity index (χ1) is 15.0. The van der Waals surface area contributed by atoms with Gasteiger partial charge in [0.25, 0.3) is 0 Å².